The van der Waals surface area contributed by atoms with Gasteiger partial charge in [0.25, 0.3) is 0 Å². The normalized spacial score (nSPS) is 10.4. The number of nitrogens with zero attached hydrogens (tertiary/aromatic N) is 3. The molecule has 1 heterocycles. The second kappa shape index (κ2) is 5.68. The van der Waals surface area contributed by atoms with Crippen LogP contribution in [-0.2, 0) is 0 Å². The van der Waals surface area contributed by atoms with Gasteiger partial charge in [0.2, 0.25) is 5.28 Å². The third kappa shape index (κ3) is 3.02. The summed E-state index contributed by atoms with van der Waals surface area (Å²) >= 11 is 8.78. The van der Waals surface area contributed by atoms with E-state index in [2.05, 4.69) is 25.9 Å². The highest BCUT2D eigenvalue weighted by molar-refractivity contribution is 9.10. The summed E-state index contributed by atoms with van der Waals surface area (Å²) in [7, 11) is 0. The van der Waals surface area contributed by atoms with Crippen molar-refractivity contribution in [1.29, 1.82) is 0 Å². The summed E-state index contributed by atoms with van der Waals surface area (Å²) in [6.45, 7) is 1.38. The zero-order valence-electron chi connectivity index (χ0n) is 9.93. The number of ether oxygens (including phenoxy) is 1. The van der Waals surface area contributed by atoms with Crippen LogP contribution in [0.15, 0.2) is 22.7 Å². The average molecular weight is 363 g/mol. The number of hydrogen-bond donors (Lipinski definition) is 0. The molecule has 20 heavy (non-hydrogen) atoms. The van der Waals surface area contributed by atoms with Crippen LogP contribution in [0.4, 0.5) is 10.1 Å². The lowest BCUT2D eigenvalue weighted by molar-refractivity contribution is -0.386. The van der Waals surface area contributed by atoms with Gasteiger partial charge in [0, 0.05) is 4.47 Å². The third-order valence-corrected chi connectivity index (χ3v) is 2.94. The average Bonchev–Trinajstić information content (AvgIpc) is 2.32. The molecule has 0 aliphatic heterocycles. The standard InChI is InChI=1S/C11H6BrClFN3O3/c1-5-9(17(18)19)10(16-11(13)15-5)20-8-4-6(12)2-3-7(8)14/h2-4H,1H3. The molecular weight excluding hydrogens is 356 g/mol. The fourth-order valence-electron chi connectivity index (χ4n) is 1.45. The van der Waals surface area contributed by atoms with Gasteiger partial charge in [0.15, 0.2) is 11.6 Å². The molecule has 0 bridgehead atoms. The molecule has 0 saturated carbocycles. The molecule has 1 aromatic heterocycles. The van der Waals surface area contributed by atoms with Crippen LogP contribution in [0.2, 0.25) is 5.28 Å². The largest absolute Gasteiger partial charge is 0.430 e. The first-order valence-corrected chi connectivity index (χ1v) is 6.37. The Labute approximate surface area is 125 Å². The molecule has 0 aliphatic carbocycles. The number of hydrogen-bond acceptors (Lipinski definition) is 5. The molecule has 0 fully saturated rings. The molecule has 2 rings (SSSR count). The van der Waals surface area contributed by atoms with Gasteiger partial charge < -0.3 is 4.74 Å². The van der Waals surface area contributed by atoms with Crippen LogP contribution in [0.3, 0.4) is 0 Å². The fraction of sp³-hybridized carbons (Fsp3) is 0.0909. The minimum atomic E-state index is -0.711. The van der Waals surface area contributed by atoms with Gasteiger partial charge >= 0.3 is 11.6 Å². The van der Waals surface area contributed by atoms with Crippen molar-refractivity contribution in [3.8, 4) is 11.6 Å². The fourth-order valence-corrected chi connectivity index (χ4v) is 1.99. The monoisotopic (exact) mass is 361 g/mol. The summed E-state index contributed by atoms with van der Waals surface area (Å²) in [5, 5.41) is 10.8. The number of rotatable bonds is 3. The molecule has 0 amide bonds. The topological polar surface area (TPSA) is 78.2 Å². The summed E-state index contributed by atoms with van der Waals surface area (Å²) in [5.74, 6) is -1.31. The van der Waals surface area contributed by atoms with Crippen molar-refractivity contribution in [1.82, 2.24) is 9.97 Å². The van der Waals surface area contributed by atoms with Crippen molar-refractivity contribution in [2.45, 2.75) is 6.92 Å². The maximum Gasteiger partial charge on any atom is 0.352 e. The number of halogens is 3. The van der Waals surface area contributed by atoms with Crippen molar-refractivity contribution < 1.29 is 14.1 Å². The zero-order valence-corrected chi connectivity index (χ0v) is 12.3. The van der Waals surface area contributed by atoms with Crippen LogP contribution in [0.1, 0.15) is 5.69 Å². The molecule has 0 atom stereocenters. The number of benzene rings is 1. The van der Waals surface area contributed by atoms with Gasteiger partial charge in [-0.15, -0.1) is 0 Å². The summed E-state index contributed by atoms with van der Waals surface area (Å²) < 4.78 is 19.3. The van der Waals surface area contributed by atoms with Gasteiger partial charge in [-0.3, -0.25) is 10.1 Å². The molecule has 6 nitrogen and oxygen atoms in total. The number of aryl methyl sites for hydroxylation is 1. The Morgan fingerprint density at radius 1 is 1.45 bits per heavy atom. The molecular formula is C11H6BrClFN3O3. The molecule has 104 valence electrons. The lowest BCUT2D eigenvalue weighted by Gasteiger charge is -2.08. The zero-order chi connectivity index (χ0) is 14.9. The molecule has 0 unspecified atom stereocenters. The first-order chi connectivity index (χ1) is 9.38. The summed E-state index contributed by atoms with van der Waals surface area (Å²) in [6.07, 6.45) is 0. The van der Waals surface area contributed by atoms with Crippen molar-refractivity contribution in [3.63, 3.8) is 0 Å². The van der Waals surface area contributed by atoms with E-state index in [1.54, 1.807) is 0 Å². The third-order valence-electron chi connectivity index (χ3n) is 2.28. The van der Waals surface area contributed by atoms with Gasteiger partial charge in [-0.2, -0.15) is 4.98 Å². The van der Waals surface area contributed by atoms with Gasteiger partial charge in [-0.05, 0) is 36.7 Å². The maximum absolute atomic E-state index is 13.6. The van der Waals surface area contributed by atoms with E-state index in [0.29, 0.717) is 4.47 Å². The van der Waals surface area contributed by atoms with Crippen molar-refractivity contribution in [3.05, 3.63) is 49.6 Å². The van der Waals surface area contributed by atoms with Crippen molar-refractivity contribution >= 4 is 33.2 Å². The van der Waals surface area contributed by atoms with Crippen LogP contribution in [0.5, 0.6) is 11.6 Å². The Balaban J connectivity index is 2.53. The molecule has 9 heteroatoms. The minimum Gasteiger partial charge on any atom is -0.430 e. The quantitative estimate of drug-likeness (QED) is 0.468. The lowest BCUT2D eigenvalue weighted by atomic mass is 10.3. The first-order valence-electron chi connectivity index (χ1n) is 5.20. The second-order valence-corrected chi connectivity index (χ2v) is 4.92. The first kappa shape index (κ1) is 14.6. The van der Waals surface area contributed by atoms with Gasteiger partial charge in [-0.1, -0.05) is 15.9 Å². The summed E-state index contributed by atoms with van der Waals surface area (Å²) in [6, 6.07) is 3.94. The molecule has 0 saturated heterocycles. The molecule has 2 aromatic rings. The van der Waals surface area contributed by atoms with Gasteiger partial charge in [0.1, 0.15) is 5.69 Å². The summed E-state index contributed by atoms with van der Waals surface area (Å²) in [4.78, 5) is 17.6. The Hall–Kier alpha value is -1.80. The van der Waals surface area contributed by atoms with Crippen LogP contribution < -0.4 is 4.74 Å². The van der Waals surface area contributed by atoms with E-state index in [1.807, 2.05) is 0 Å². The van der Waals surface area contributed by atoms with Gasteiger partial charge in [0.05, 0.1) is 4.92 Å². The van der Waals surface area contributed by atoms with E-state index in [-0.39, 0.29) is 16.7 Å². The maximum atomic E-state index is 13.6. The van der Waals surface area contributed by atoms with Crippen LogP contribution >= 0.6 is 27.5 Å². The van der Waals surface area contributed by atoms with Gasteiger partial charge in [-0.25, -0.2) is 9.37 Å². The Morgan fingerprint density at radius 2 is 2.15 bits per heavy atom. The smallest absolute Gasteiger partial charge is 0.352 e. The predicted octanol–water partition coefficient (Wildman–Crippen LogP) is 4.04. The number of nitro groups is 1. The predicted molar refractivity (Wildman–Crippen MR) is 72.6 cm³/mol. The molecule has 0 spiro atoms. The number of aromatic nitrogens is 2. The summed E-state index contributed by atoms with van der Waals surface area (Å²) in [5.41, 5.74) is -0.436. The van der Waals surface area contributed by atoms with E-state index in [4.69, 9.17) is 16.3 Å². The van der Waals surface area contributed by atoms with E-state index >= 15 is 0 Å². The van der Waals surface area contributed by atoms with Crippen molar-refractivity contribution in [2.75, 3.05) is 0 Å². The highest BCUT2D eigenvalue weighted by Gasteiger charge is 2.24. The highest BCUT2D eigenvalue weighted by atomic mass is 79.9. The molecule has 0 radical (unpaired) electrons. The minimum absolute atomic E-state index is 0.0282. The molecule has 0 aliphatic rings. The van der Waals surface area contributed by atoms with Crippen LogP contribution in [-0.4, -0.2) is 14.9 Å². The van der Waals surface area contributed by atoms with Crippen LogP contribution in [0, 0.1) is 22.9 Å². The Bertz CT molecular complexity index is 699. The molecule has 0 N–H and O–H groups in total. The van der Waals surface area contributed by atoms with Crippen LogP contribution in [0.25, 0.3) is 0 Å². The Morgan fingerprint density at radius 3 is 2.80 bits per heavy atom. The second-order valence-electron chi connectivity index (χ2n) is 3.67. The Kier molecular flexibility index (Phi) is 4.15. The van der Waals surface area contributed by atoms with E-state index in [9.17, 15) is 14.5 Å². The molecule has 1 aromatic carbocycles. The van der Waals surface area contributed by atoms with E-state index < -0.39 is 22.3 Å². The highest BCUT2D eigenvalue weighted by Crippen LogP contribution is 2.34. The van der Waals surface area contributed by atoms with E-state index in [1.165, 1.54) is 19.1 Å². The lowest BCUT2D eigenvalue weighted by Crippen LogP contribution is -2.02. The van der Waals surface area contributed by atoms with E-state index in [0.717, 1.165) is 6.07 Å². The van der Waals surface area contributed by atoms with Crippen molar-refractivity contribution in [2.24, 2.45) is 0 Å². The SMILES string of the molecule is Cc1nc(Cl)nc(Oc2cc(Br)ccc2F)c1[N+](=O)[O-].